The molecule has 1 fully saturated rings. The summed E-state index contributed by atoms with van der Waals surface area (Å²) in [6.07, 6.45) is 3.49. The zero-order chi connectivity index (χ0) is 23.7. The third-order valence-corrected chi connectivity index (χ3v) is 7.74. The number of thioether (sulfide) groups is 1. The number of β-lactam (4-membered cyclic amide) rings is 1. The monoisotopic (exact) mass is 529 g/mol. The van der Waals surface area contributed by atoms with Crippen molar-refractivity contribution in [3.63, 3.8) is 0 Å². The number of allylic oxidation sites excluding steroid dienone is 1. The van der Waals surface area contributed by atoms with Crippen LogP contribution in [0.25, 0.3) is 6.08 Å². The third kappa shape index (κ3) is 5.06. The standard InChI is InChI=1S/C19H18N6O5S3.Na/c1-8-11(33-7-21-8)4-3-9-5-31-17-13(16(27)25(17)14(9)18(28)29)23-15(26)12(24-30-2)10-6-32-19(20)22-10;/h3-4,6-7,13,17H,5H2,1-2H3,(H2,20,22)(H,23,26)(H,28,29);/q;+1/b4-3+,24-12+;/t13-,17-;/m1./s1. The van der Waals surface area contributed by atoms with Gasteiger partial charge < -0.3 is 21.0 Å². The van der Waals surface area contributed by atoms with Gasteiger partial charge in [0.25, 0.3) is 11.8 Å². The Hall–Kier alpha value is -2.23. The average molecular weight is 530 g/mol. The topological polar surface area (TPSA) is 160 Å². The van der Waals surface area contributed by atoms with Crippen LogP contribution in [0.1, 0.15) is 16.3 Å². The Morgan fingerprint density at radius 1 is 1.38 bits per heavy atom. The SMILES string of the molecule is CO/N=C(/C(=O)N[C@@H]1C(=O)N2C(C(=O)O)=C(/C=C/c3scnc3C)CS[C@H]12)c1csc(N)n1.[Na+]. The molecule has 2 aliphatic heterocycles. The second-order valence-corrected chi connectivity index (χ2v) is 9.75. The Kier molecular flexibility index (Phi) is 8.54. The van der Waals surface area contributed by atoms with Gasteiger partial charge in [0.05, 0.1) is 11.2 Å². The number of carbonyl (C=O) groups excluding carboxylic acids is 2. The van der Waals surface area contributed by atoms with Crippen molar-refractivity contribution in [2.24, 2.45) is 5.16 Å². The molecule has 0 aliphatic carbocycles. The van der Waals surface area contributed by atoms with E-state index in [4.69, 9.17) is 10.6 Å². The van der Waals surface area contributed by atoms with Crippen LogP contribution >= 0.6 is 34.4 Å². The zero-order valence-electron chi connectivity index (χ0n) is 18.3. The van der Waals surface area contributed by atoms with Gasteiger partial charge in [-0.15, -0.1) is 34.4 Å². The first-order valence-corrected chi connectivity index (χ1v) is 12.2. The van der Waals surface area contributed by atoms with Gasteiger partial charge in [0.2, 0.25) is 0 Å². The Morgan fingerprint density at radius 2 is 2.15 bits per heavy atom. The number of carbonyl (C=O) groups is 3. The predicted octanol–water partition coefficient (Wildman–Crippen LogP) is -1.70. The molecule has 1 saturated heterocycles. The third-order valence-electron chi connectivity index (χ3n) is 4.87. The number of anilines is 1. The van der Waals surface area contributed by atoms with Crippen LogP contribution in [0.2, 0.25) is 0 Å². The largest absolute Gasteiger partial charge is 1.00 e. The number of nitrogen functional groups attached to an aromatic ring is 1. The van der Waals surface area contributed by atoms with E-state index < -0.39 is 29.2 Å². The number of thiazole rings is 2. The van der Waals surface area contributed by atoms with Crippen LogP contribution in [-0.2, 0) is 19.2 Å². The summed E-state index contributed by atoms with van der Waals surface area (Å²) in [4.78, 5) is 52.7. The predicted molar refractivity (Wildman–Crippen MR) is 126 cm³/mol. The molecule has 11 nitrogen and oxygen atoms in total. The number of carboxylic acids is 1. The number of aromatic nitrogens is 2. The molecule has 0 radical (unpaired) electrons. The van der Waals surface area contributed by atoms with Crippen LogP contribution in [0.4, 0.5) is 5.13 Å². The van der Waals surface area contributed by atoms with Crippen molar-refractivity contribution in [2.75, 3.05) is 18.6 Å². The molecule has 0 unspecified atom stereocenters. The molecule has 4 N–H and O–H groups in total. The van der Waals surface area contributed by atoms with E-state index in [2.05, 4.69) is 20.4 Å². The molecule has 0 bridgehead atoms. The van der Waals surface area contributed by atoms with Gasteiger partial charge >= 0.3 is 35.5 Å². The Labute approximate surface area is 228 Å². The number of amides is 2. The number of fused-ring (bicyclic) bond motifs is 1. The number of nitrogens with two attached hydrogens (primary N) is 1. The number of hydrogen-bond donors (Lipinski definition) is 3. The molecule has 2 aromatic heterocycles. The molecule has 2 amide bonds. The second kappa shape index (κ2) is 11.0. The van der Waals surface area contributed by atoms with Crippen LogP contribution in [0.15, 0.2) is 33.4 Å². The van der Waals surface area contributed by atoms with E-state index >= 15 is 0 Å². The van der Waals surface area contributed by atoms with Crippen LogP contribution in [-0.4, -0.2) is 67.7 Å². The van der Waals surface area contributed by atoms with E-state index in [9.17, 15) is 19.5 Å². The van der Waals surface area contributed by atoms with E-state index in [1.54, 1.807) is 23.0 Å². The minimum absolute atomic E-state index is 0. The molecule has 4 rings (SSSR count). The smallest absolute Gasteiger partial charge is 0.477 e. The molecule has 0 aromatic carbocycles. The normalized spacial score (nSPS) is 20.0. The maximum absolute atomic E-state index is 12.9. The van der Waals surface area contributed by atoms with E-state index in [0.717, 1.165) is 21.9 Å². The zero-order valence-corrected chi connectivity index (χ0v) is 22.8. The number of carboxylic acid groups (broad SMARTS) is 1. The van der Waals surface area contributed by atoms with Gasteiger partial charge in [0.15, 0.2) is 10.8 Å². The molecular weight excluding hydrogens is 511 g/mol. The molecule has 2 atom stereocenters. The summed E-state index contributed by atoms with van der Waals surface area (Å²) in [5, 5.41) is 17.4. The van der Waals surface area contributed by atoms with Gasteiger partial charge in [0, 0.05) is 16.0 Å². The van der Waals surface area contributed by atoms with Gasteiger partial charge in [0.1, 0.15) is 29.9 Å². The van der Waals surface area contributed by atoms with Crippen LogP contribution in [0, 0.1) is 6.92 Å². The average Bonchev–Trinajstić information content (AvgIpc) is 3.40. The van der Waals surface area contributed by atoms with Crippen molar-refractivity contribution in [3.8, 4) is 0 Å². The number of nitrogens with one attached hydrogen (secondary N) is 1. The molecule has 4 heterocycles. The summed E-state index contributed by atoms with van der Waals surface area (Å²) in [5.41, 5.74) is 8.68. The van der Waals surface area contributed by atoms with Crippen LogP contribution in [0.5, 0.6) is 0 Å². The summed E-state index contributed by atoms with van der Waals surface area (Å²) in [5.74, 6) is -2.04. The second-order valence-electron chi connectivity index (χ2n) is 6.87. The first-order valence-electron chi connectivity index (χ1n) is 9.44. The number of oxime groups is 1. The summed E-state index contributed by atoms with van der Waals surface area (Å²) < 4.78 is 0. The molecule has 2 aliphatic rings. The van der Waals surface area contributed by atoms with Crippen molar-refractivity contribution in [1.29, 1.82) is 0 Å². The molecule has 2 aromatic rings. The van der Waals surface area contributed by atoms with E-state index in [1.807, 2.05) is 6.92 Å². The molecule has 0 spiro atoms. The number of hydrogen-bond acceptors (Lipinski definition) is 11. The van der Waals surface area contributed by atoms with Gasteiger partial charge in [-0.2, -0.15) is 0 Å². The first-order chi connectivity index (χ1) is 15.8. The van der Waals surface area contributed by atoms with Crippen molar-refractivity contribution in [3.05, 3.63) is 44.5 Å². The molecule has 34 heavy (non-hydrogen) atoms. The van der Waals surface area contributed by atoms with E-state index in [1.165, 1.54) is 35.1 Å². The quantitative estimate of drug-likeness (QED) is 0.164. The van der Waals surface area contributed by atoms with Crippen LogP contribution in [0.3, 0.4) is 0 Å². The number of rotatable bonds is 7. The minimum atomic E-state index is -1.21. The Bertz CT molecular complexity index is 1220. The minimum Gasteiger partial charge on any atom is -0.477 e. The van der Waals surface area contributed by atoms with Crippen molar-refractivity contribution >= 4 is 69.1 Å². The van der Waals surface area contributed by atoms with Gasteiger partial charge in [-0.05, 0) is 18.6 Å². The van der Waals surface area contributed by atoms with Crippen molar-refractivity contribution in [1.82, 2.24) is 20.2 Å². The fraction of sp³-hybridized carbons (Fsp3) is 0.263. The fourth-order valence-corrected chi connectivity index (χ4v) is 5.88. The fourth-order valence-electron chi connectivity index (χ4n) is 3.32. The molecule has 172 valence electrons. The Balaban J connectivity index is 0.00000324. The maximum atomic E-state index is 12.9. The molecule has 15 heteroatoms. The number of nitrogens with zero attached hydrogens (tertiary/aromatic N) is 4. The van der Waals surface area contributed by atoms with E-state index in [-0.39, 0.29) is 51.8 Å². The van der Waals surface area contributed by atoms with Crippen molar-refractivity contribution in [2.45, 2.75) is 18.3 Å². The number of aliphatic carboxylic acids is 1. The van der Waals surface area contributed by atoms with Gasteiger partial charge in [-0.1, -0.05) is 11.2 Å². The van der Waals surface area contributed by atoms with Crippen LogP contribution < -0.4 is 40.6 Å². The first kappa shape index (κ1) is 26.4. The summed E-state index contributed by atoms with van der Waals surface area (Å²) in [6, 6.07) is -0.913. The van der Waals surface area contributed by atoms with E-state index in [0.29, 0.717) is 11.3 Å². The maximum Gasteiger partial charge on any atom is 1.00 e. The molecule has 0 saturated carbocycles. The van der Waals surface area contributed by atoms with Gasteiger partial charge in [-0.3, -0.25) is 14.5 Å². The number of aryl methyl sites for hydroxylation is 1. The molecular formula is C19H18N6NaO5S3+. The van der Waals surface area contributed by atoms with Gasteiger partial charge in [-0.25, -0.2) is 14.8 Å². The summed E-state index contributed by atoms with van der Waals surface area (Å²) >= 11 is 3.94. The Morgan fingerprint density at radius 3 is 2.74 bits per heavy atom. The summed E-state index contributed by atoms with van der Waals surface area (Å²) in [7, 11) is 1.28. The van der Waals surface area contributed by atoms with Crippen molar-refractivity contribution < 1.29 is 53.9 Å². The summed E-state index contributed by atoms with van der Waals surface area (Å²) in [6.45, 7) is 1.86.